The molecule has 2 aromatic rings. The van der Waals surface area contributed by atoms with Gasteiger partial charge in [-0.05, 0) is 49.7 Å². The van der Waals surface area contributed by atoms with Crippen LogP contribution in [0.4, 0.5) is 5.69 Å². The lowest BCUT2D eigenvalue weighted by Gasteiger charge is -2.17. The number of nitrogens with one attached hydrogen (secondary N) is 1. The minimum Gasteiger partial charge on any atom is -0.342 e. The van der Waals surface area contributed by atoms with E-state index in [1.54, 1.807) is 30.1 Å². The van der Waals surface area contributed by atoms with E-state index in [0.717, 1.165) is 12.8 Å². The molecule has 1 N–H and O–H groups in total. The van der Waals surface area contributed by atoms with Gasteiger partial charge in [-0.1, -0.05) is 25.5 Å². The standard InChI is InChI=1S/C20H24N2O4S/c1-4-5-13-22(3)20(24)16-9-11-19(12-10-16)27(25,26)21-18-8-6-7-17(14-18)15(2)23/h6-12,14,21H,4-5,13H2,1-3H3. The number of Topliss-reactive ketones (excluding diaryl/α,β-unsaturated/α-hetero) is 1. The van der Waals surface area contributed by atoms with E-state index in [9.17, 15) is 18.0 Å². The minimum absolute atomic E-state index is 0.0449. The minimum atomic E-state index is -3.82. The molecule has 2 rings (SSSR count). The van der Waals surface area contributed by atoms with Crippen molar-refractivity contribution in [1.29, 1.82) is 0 Å². The summed E-state index contributed by atoms with van der Waals surface area (Å²) >= 11 is 0. The van der Waals surface area contributed by atoms with Crippen molar-refractivity contribution in [3.8, 4) is 0 Å². The summed E-state index contributed by atoms with van der Waals surface area (Å²) in [5.41, 5.74) is 1.17. The second-order valence-electron chi connectivity index (χ2n) is 6.35. The molecule has 2 aromatic carbocycles. The lowest BCUT2D eigenvalue weighted by Crippen LogP contribution is -2.27. The number of hydrogen-bond acceptors (Lipinski definition) is 4. The van der Waals surface area contributed by atoms with E-state index >= 15 is 0 Å². The fourth-order valence-corrected chi connectivity index (χ4v) is 3.56. The molecule has 0 unspecified atom stereocenters. The quantitative estimate of drug-likeness (QED) is 0.701. The van der Waals surface area contributed by atoms with E-state index in [1.807, 2.05) is 0 Å². The van der Waals surface area contributed by atoms with Crippen LogP contribution in [0.2, 0.25) is 0 Å². The van der Waals surface area contributed by atoms with Gasteiger partial charge in [-0.3, -0.25) is 14.3 Å². The van der Waals surface area contributed by atoms with Crippen LogP contribution in [-0.4, -0.2) is 38.6 Å². The first kappa shape index (κ1) is 20.6. The predicted octanol–water partition coefficient (Wildman–Crippen LogP) is 3.56. The summed E-state index contributed by atoms with van der Waals surface area (Å²) in [5, 5.41) is 0. The maximum absolute atomic E-state index is 12.5. The number of carbonyl (C=O) groups excluding carboxylic acids is 2. The molecule has 144 valence electrons. The van der Waals surface area contributed by atoms with Gasteiger partial charge in [0.15, 0.2) is 5.78 Å². The van der Waals surface area contributed by atoms with Crippen molar-refractivity contribution < 1.29 is 18.0 Å². The van der Waals surface area contributed by atoms with Crippen LogP contribution in [-0.2, 0) is 10.0 Å². The van der Waals surface area contributed by atoms with Crippen LogP contribution in [0.5, 0.6) is 0 Å². The fraction of sp³-hybridized carbons (Fsp3) is 0.300. The molecule has 0 aliphatic carbocycles. The summed E-state index contributed by atoms with van der Waals surface area (Å²) in [7, 11) is -2.09. The van der Waals surface area contributed by atoms with Crippen LogP contribution in [0, 0.1) is 0 Å². The number of nitrogens with zero attached hydrogens (tertiary/aromatic N) is 1. The van der Waals surface area contributed by atoms with Gasteiger partial charge in [0.2, 0.25) is 0 Å². The van der Waals surface area contributed by atoms with E-state index in [1.165, 1.54) is 37.3 Å². The average Bonchev–Trinajstić information content (AvgIpc) is 2.65. The van der Waals surface area contributed by atoms with Gasteiger partial charge in [0.05, 0.1) is 4.90 Å². The number of unbranched alkanes of at least 4 members (excludes halogenated alkanes) is 1. The van der Waals surface area contributed by atoms with Crippen LogP contribution < -0.4 is 4.72 Å². The predicted molar refractivity (Wildman–Crippen MR) is 106 cm³/mol. The summed E-state index contributed by atoms with van der Waals surface area (Å²) in [6, 6.07) is 12.1. The molecule has 27 heavy (non-hydrogen) atoms. The van der Waals surface area contributed by atoms with Crippen molar-refractivity contribution in [2.75, 3.05) is 18.3 Å². The number of anilines is 1. The molecule has 0 radical (unpaired) electrons. The molecule has 0 fully saturated rings. The highest BCUT2D eigenvalue weighted by Crippen LogP contribution is 2.18. The summed E-state index contributed by atoms with van der Waals surface area (Å²) in [4.78, 5) is 25.4. The number of amides is 1. The molecule has 0 heterocycles. The smallest absolute Gasteiger partial charge is 0.261 e. The summed E-state index contributed by atoms with van der Waals surface area (Å²) in [6.07, 6.45) is 1.91. The first-order valence-electron chi connectivity index (χ1n) is 8.74. The molecule has 1 amide bonds. The number of hydrogen-bond donors (Lipinski definition) is 1. The Kier molecular flexibility index (Phi) is 6.74. The molecule has 0 saturated carbocycles. The van der Waals surface area contributed by atoms with E-state index in [-0.39, 0.29) is 16.6 Å². The normalized spacial score (nSPS) is 11.1. The maximum Gasteiger partial charge on any atom is 0.261 e. The maximum atomic E-state index is 12.5. The molecule has 0 saturated heterocycles. The zero-order valence-corrected chi connectivity index (χ0v) is 16.5. The second kappa shape index (κ2) is 8.81. The molecular weight excluding hydrogens is 364 g/mol. The fourth-order valence-electron chi connectivity index (χ4n) is 2.51. The van der Waals surface area contributed by atoms with Crippen LogP contribution >= 0.6 is 0 Å². The van der Waals surface area contributed by atoms with Gasteiger partial charge in [0.25, 0.3) is 15.9 Å². The molecular formula is C20H24N2O4S. The lowest BCUT2D eigenvalue weighted by atomic mass is 10.1. The summed E-state index contributed by atoms with van der Waals surface area (Å²) in [6.45, 7) is 4.13. The number of carbonyl (C=O) groups is 2. The monoisotopic (exact) mass is 388 g/mol. The van der Waals surface area contributed by atoms with E-state index in [2.05, 4.69) is 11.6 Å². The van der Waals surface area contributed by atoms with Crippen molar-refractivity contribution in [3.63, 3.8) is 0 Å². The van der Waals surface area contributed by atoms with Crippen LogP contribution in [0.1, 0.15) is 47.4 Å². The Labute approximate surface area is 160 Å². The number of benzene rings is 2. The third-order valence-electron chi connectivity index (χ3n) is 4.13. The third kappa shape index (κ3) is 5.40. The number of rotatable bonds is 8. The van der Waals surface area contributed by atoms with Crippen molar-refractivity contribution in [2.24, 2.45) is 0 Å². The topological polar surface area (TPSA) is 83.6 Å². The van der Waals surface area contributed by atoms with E-state index in [4.69, 9.17) is 0 Å². The van der Waals surface area contributed by atoms with Crippen molar-refractivity contribution in [2.45, 2.75) is 31.6 Å². The Morgan fingerprint density at radius 2 is 1.70 bits per heavy atom. The van der Waals surface area contributed by atoms with Crippen molar-refractivity contribution >= 4 is 27.4 Å². The first-order chi connectivity index (χ1) is 12.7. The van der Waals surface area contributed by atoms with Crippen molar-refractivity contribution in [1.82, 2.24) is 4.90 Å². The van der Waals surface area contributed by atoms with E-state index in [0.29, 0.717) is 23.4 Å². The third-order valence-corrected chi connectivity index (χ3v) is 5.52. The van der Waals surface area contributed by atoms with Gasteiger partial charge in [-0.15, -0.1) is 0 Å². The van der Waals surface area contributed by atoms with Gasteiger partial charge in [-0.25, -0.2) is 8.42 Å². The molecule has 0 bridgehead atoms. The molecule has 0 aliphatic heterocycles. The van der Waals surface area contributed by atoms with Gasteiger partial charge in [0, 0.05) is 30.4 Å². The van der Waals surface area contributed by atoms with Crippen LogP contribution in [0.25, 0.3) is 0 Å². The highest BCUT2D eigenvalue weighted by Gasteiger charge is 2.17. The van der Waals surface area contributed by atoms with Crippen LogP contribution in [0.15, 0.2) is 53.4 Å². The Morgan fingerprint density at radius 3 is 2.30 bits per heavy atom. The molecule has 0 spiro atoms. The Hall–Kier alpha value is -2.67. The molecule has 0 aliphatic rings. The Bertz CT molecular complexity index is 921. The highest BCUT2D eigenvalue weighted by molar-refractivity contribution is 7.92. The summed E-state index contributed by atoms with van der Waals surface area (Å²) < 4.78 is 27.5. The van der Waals surface area contributed by atoms with Gasteiger partial charge < -0.3 is 4.90 Å². The Morgan fingerprint density at radius 1 is 1.04 bits per heavy atom. The second-order valence-corrected chi connectivity index (χ2v) is 8.03. The SMILES string of the molecule is CCCCN(C)C(=O)c1ccc(S(=O)(=O)Nc2cccc(C(C)=O)c2)cc1. The van der Waals surface area contributed by atoms with Gasteiger partial charge in [-0.2, -0.15) is 0 Å². The Balaban J connectivity index is 2.16. The molecule has 6 nitrogen and oxygen atoms in total. The van der Waals surface area contributed by atoms with Crippen LogP contribution in [0.3, 0.4) is 0 Å². The zero-order chi connectivity index (χ0) is 20.0. The molecule has 0 aromatic heterocycles. The number of sulfonamides is 1. The molecule has 7 heteroatoms. The average molecular weight is 388 g/mol. The first-order valence-corrected chi connectivity index (χ1v) is 10.2. The zero-order valence-electron chi connectivity index (χ0n) is 15.7. The van der Waals surface area contributed by atoms with Gasteiger partial charge in [0.1, 0.15) is 0 Å². The highest BCUT2D eigenvalue weighted by atomic mass is 32.2. The lowest BCUT2D eigenvalue weighted by molar-refractivity contribution is 0.0793. The van der Waals surface area contributed by atoms with Gasteiger partial charge >= 0.3 is 0 Å². The largest absolute Gasteiger partial charge is 0.342 e. The summed E-state index contributed by atoms with van der Waals surface area (Å²) in [5.74, 6) is -0.291. The molecule has 0 atom stereocenters. The van der Waals surface area contributed by atoms with Crippen molar-refractivity contribution in [3.05, 3.63) is 59.7 Å². The number of ketones is 1. The van der Waals surface area contributed by atoms with E-state index < -0.39 is 10.0 Å².